The van der Waals surface area contributed by atoms with Gasteiger partial charge in [-0.3, -0.25) is 0 Å². The topological polar surface area (TPSA) is 128 Å². The second-order valence-electron chi connectivity index (χ2n) is 8.44. The number of fused-ring (bicyclic) bond motifs is 1. The molecule has 3 rings (SSSR count). The van der Waals surface area contributed by atoms with Gasteiger partial charge in [0.2, 0.25) is 0 Å². The Kier molecular flexibility index (Phi) is 6.27. The molecule has 3 aromatic rings. The van der Waals surface area contributed by atoms with Crippen LogP contribution in [0.25, 0.3) is 10.9 Å². The van der Waals surface area contributed by atoms with Crippen LogP contribution in [0.1, 0.15) is 31.9 Å². The number of benzene rings is 2. The summed E-state index contributed by atoms with van der Waals surface area (Å²) in [6, 6.07) is 10.1. The van der Waals surface area contributed by atoms with Crippen molar-refractivity contribution in [3.63, 3.8) is 0 Å². The molecule has 0 unspecified atom stereocenters. The molecule has 0 aliphatic heterocycles. The summed E-state index contributed by atoms with van der Waals surface area (Å²) in [6.07, 6.45) is 0.560. The first kappa shape index (κ1) is 23.3. The summed E-state index contributed by atoms with van der Waals surface area (Å²) < 4.78 is 32.0. The summed E-state index contributed by atoms with van der Waals surface area (Å²) >= 11 is 0. The van der Waals surface area contributed by atoms with E-state index in [-0.39, 0.29) is 11.3 Å². The molecule has 1 amide bonds. The molecule has 170 valence electrons. The summed E-state index contributed by atoms with van der Waals surface area (Å²) in [5.41, 5.74) is 1.13. The number of rotatable bonds is 6. The van der Waals surface area contributed by atoms with Crippen molar-refractivity contribution in [2.75, 3.05) is 0 Å². The van der Waals surface area contributed by atoms with Gasteiger partial charge in [0.05, 0.1) is 16.6 Å². The fourth-order valence-electron chi connectivity index (χ4n) is 3.07. The van der Waals surface area contributed by atoms with Crippen LogP contribution in [-0.2, 0) is 26.0 Å². The Labute approximate surface area is 186 Å². The number of amides is 1. The van der Waals surface area contributed by atoms with Gasteiger partial charge in [-0.1, -0.05) is 23.8 Å². The van der Waals surface area contributed by atoms with Gasteiger partial charge in [-0.2, -0.15) is 17.6 Å². The third-order valence-electron chi connectivity index (χ3n) is 4.58. The predicted molar refractivity (Wildman–Crippen MR) is 118 cm³/mol. The van der Waals surface area contributed by atoms with Gasteiger partial charge < -0.3 is 15.2 Å². The Hall–Kier alpha value is -3.40. The lowest BCUT2D eigenvalue weighted by Gasteiger charge is -2.22. The lowest BCUT2D eigenvalue weighted by molar-refractivity contribution is -0.139. The third-order valence-corrected chi connectivity index (χ3v) is 6.19. The SMILES string of the molecule is Cc1ccc(S(=O)(=O)n2ncc3cc(C[C@H](NC(=O)OC(C)(C)C)C(=O)O)ccc32)cc1. The van der Waals surface area contributed by atoms with Crippen molar-refractivity contribution >= 4 is 33.0 Å². The minimum absolute atomic E-state index is 0.0135. The molecule has 0 aliphatic rings. The zero-order chi connectivity index (χ0) is 23.7. The molecule has 1 heterocycles. The van der Waals surface area contributed by atoms with Crippen LogP contribution in [0.15, 0.2) is 53.6 Å². The third kappa shape index (κ3) is 5.25. The molecular formula is C22H25N3O6S. The summed E-state index contributed by atoms with van der Waals surface area (Å²) in [5, 5.41) is 16.4. The number of carboxylic acids is 1. The van der Waals surface area contributed by atoms with Crippen molar-refractivity contribution in [2.45, 2.75) is 50.7 Å². The van der Waals surface area contributed by atoms with Crippen molar-refractivity contribution in [3.8, 4) is 0 Å². The predicted octanol–water partition coefficient (Wildman–Crippen LogP) is 3.10. The van der Waals surface area contributed by atoms with Crippen LogP contribution in [-0.4, -0.2) is 46.4 Å². The van der Waals surface area contributed by atoms with Crippen LogP contribution in [0.3, 0.4) is 0 Å². The van der Waals surface area contributed by atoms with Gasteiger partial charge in [0.15, 0.2) is 0 Å². The first-order chi connectivity index (χ1) is 14.9. The number of aliphatic carboxylic acids is 1. The quantitative estimate of drug-likeness (QED) is 0.580. The van der Waals surface area contributed by atoms with Gasteiger partial charge in [-0.25, -0.2) is 9.59 Å². The second kappa shape index (κ2) is 8.62. The van der Waals surface area contributed by atoms with E-state index >= 15 is 0 Å². The lowest BCUT2D eigenvalue weighted by atomic mass is 10.0. The summed E-state index contributed by atoms with van der Waals surface area (Å²) in [6.45, 7) is 6.90. The zero-order valence-corrected chi connectivity index (χ0v) is 19.0. The van der Waals surface area contributed by atoms with E-state index < -0.39 is 33.7 Å². The fraction of sp³-hybridized carbons (Fsp3) is 0.318. The molecule has 0 aliphatic carbocycles. The van der Waals surface area contributed by atoms with Crippen LogP contribution in [0.2, 0.25) is 0 Å². The average Bonchev–Trinajstić information content (AvgIpc) is 3.10. The number of hydrogen-bond donors (Lipinski definition) is 2. The lowest BCUT2D eigenvalue weighted by Crippen LogP contribution is -2.44. The largest absolute Gasteiger partial charge is 0.480 e. The van der Waals surface area contributed by atoms with Crippen LogP contribution >= 0.6 is 0 Å². The van der Waals surface area contributed by atoms with Gasteiger partial charge >= 0.3 is 12.1 Å². The molecule has 2 aromatic carbocycles. The van der Waals surface area contributed by atoms with Crippen molar-refractivity contribution in [2.24, 2.45) is 0 Å². The van der Waals surface area contributed by atoms with Crippen LogP contribution < -0.4 is 5.32 Å². The molecule has 0 spiro atoms. The van der Waals surface area contributed by atoms with Gasteiger partial charge in [0, 0.05) is 11.8 Å². The first-order valence-electron chi connectivity index (χ1n) is 9.88. The van der Waals surface area contributed by atoms with E-state index in [1.165, 1.54) is 18.3 Å². The smallest absolute Gasteiger partial charge is 0.408 e. The Morgan fingerprint density at radius 1 is 1.16 bits per heavy atom. The highest BCUT2D eigenvalue weighted by Gasteiger charge is 2.25. The average molecular weight is 460 g/mol. The molecule has 0 bridgehead atoms. The minimum Gasteiger partial charge on any atom is -0.480 e. The molecule has 2 N–H and O–H groups in total. The molecule has 0 saturated carbocycles. The fourth-order valence-corrected chi connectivity index (χ4v) is 4.35. The van der Waals surface area contributed by atoms with E-state index in [9.17, 15) is 23.1 Å². The molecule has 32 heavy (non-hydrogen) atoms. The molecule has 10 heteroatoms. The number of nitrogens with zero attached hydrogens (tertiary/aromatic N) is 2. The van der Waals surface area contributed by atoms with Gasteiger partial charge in [-0.05, 0) is 57.5 Å². The van der Waals surface area contributed by atoms with Crippen LogP contribution in [0.5, 0.6) is 0 Å². The normalized spacial score (nSPS) is 13.0. The van der Waals surface area contributed by atoms with Crippen LogP contribution in [0.4, 0.5) is 4.79 Å². The number of aryl methyl sites for hydroxylation is 1. The summed E-state index contributed by atoms with van der Waals surface area (Å²) in [5.74, 6) is -1.21. The first-order valence-corrected chi connectivity index (χ1v) is 11.3. The standard InChI is InChI=1S/C22H25N3O6S/c1-14-5-8-17(9-6-14)32(29,30)25-19-10-7-15(11-16(19)13-23-25)12-18(20(26)27)24-21(28)31-22(2,3)4/h5-11,13,18H,12H2,1-4H3,(H,24,28)(H,26,27)/t18-/m0/s1. The molecular weight excluding hydrogens is 434 g/mol. The summed E-state index contributed by atoms with van der Waals surface area (Å²) in [4.78, 5) is 23.7. The van der Waals surface area contributed by atoms with Gasteiger partial charge in [-0.15, -0.1) is 0 Å². The number of carbonyl (C=O) groups is 2. The van der Waals surface area contributed by atoms with Crippen molar-refractivity contribution < 1.29 is 27.9 Å². The highest BCUT2D eigenvalue weighted by Crippen LogP contribution is 2.22. The minimum atomic E-state index is -3.88. The molecule has 0 saturated heterocycles. The maximum absolute atomic E-state index is 13.0. The van der Waals surface area contributed by atoms with E-state index in [1.807, 2.05) is 6.92 Å². The van der Waals surface area contributed by atoms with E-state index in [4.69, 9.17) is 4.74 Å². The Balaban J connectivity index is 1.85. The maximum Gasteiger partial charge on any atom is 0.408 e. The maximum atomic E-state index is 13.0. The highest BCUT2D eigenvalue weighted by atomic mass is 32.2. The number of nitrogens with one attached hydrogen (secondary N) is 1. The number of ether oxygens (including phenoxy) is 1. The molecule has 0 radical (unpaired) electrons. The van der Waals surface area contributed by atoms with Gasteiger partial charge in [0.1, 0.15) is 11.6 Å². The second-order valence-corrected chi connectivity index (χ2v) is 10.2. The van der Waals surface area contributed by atoms with Gasteiger partial charge in [0.25, 0.3) is 10.0 Å². The van der Waals surface area contributed by atoms with E-state index in [2.05, 4.69) is 10.4 Å². The molecule has 0 fully saturated rings. The Morgan fingerprint density at radius 2 is 1.81 bits per heavy atom. The number of carboxylic acid groups (broad SMARTS) is 1. The molecule has 1 atom stereocenters. The molecule has 1 aromatic heterocycles. The monoisotopic (exact) mass is 459 g/mol. The van der Waals surface area contributed by atoms with E-state index in [0.717, 1.165) is 9.65 Å². The highest BCUT2D eigenvalue weighted by molar-refractivity contribution is 7.90. The Bertz CT molecular complexity index is 1260. The van der Waals surface area contributed by atoms with Crippen molar-refractivity contribution in [1.29, 1.82) is 0 Å². The summed E-state index contributed by atoms with van der Waals surface area (Å²) in [7, 11) is -3.88. The van der Waals surface area contributed by atoms with Crippen LogP contribution in [0, 0.1) is 6.92 Å². The van der Waals surface area contributed by atoms with E-state index in [0.29, 0.717) is 16.5 Å². The van der Waals surface area contributed by atoms with E-state index in [1.54, 1.807) is 51.1 Å². The number of alkyl carbamates (subject to hydrolysis) is 1. The number of aromatic nitrogens is 2. The molecule has 9 nitrogen and oxygen atoms in total. The van der Waals surface area contributed by atoms with Crippen molar-refractivity contribution in [1.82, 2.24) is 14.5 Å². The number of carbonyl (C=O) groups excluding carboxylic acids is 1. The zero-order valence-electron chi connectivity index (χ0n) is 18.2. The Morgan fingerprint density at radius 3 is 2.41 bits per heavy atom. The van der Waals surface area contributed by atoms with Crippen molar-refractivity contribution in [3.05, 3.63) is 59.8 Å². The number of hydrogen-bond acceptors (Lipinski definition) is 6.